The number of nitrogens with zero attached hydrogens (tertiary/aromatic N) is 1. The molecule has 1 heterocycles. The van der Waals surface area contributed by atoms with E-state index in [4.69, 9.17) is 5.73 Å². The Morgan fingerprint density at radius 3 is 2.86 bits per heavy atom. The summed E-state index contributed by atoms with van der Waals surface area (Å²) in [6, 6.07) is 0.232. The van der Waals surface area contributed by atoms with Gasteiger partial charge in [-0.2, -0.15) is 0 Å². The molecule has 1 fully saturated rings. The van der Waals surface area contributed by atoms with Crippen LogP contribution in [0.5, 0.6) is 0 Å². The summed E-state index contributed by atoms with van der Waals surface area (Å²) in [6.45, 7) is 7.20. The lowest BCUT2D eigenvalue weighted by molar-refractivity contribution is -0.122. The summed E-state index contributed by atoms with van der Waals surface area (Å²) < 4.78 is 0. The van der Waals surface area contributed by atoms with Crippen molar-refractivity contribution in [1.29, 1.82) is 0 Å². The molecule has 1 amide bonds. The van der Waals surface area contributed by atoms with Gasteiger partial charge < -0.3 is 11.1 Å². The predicted molar refractivity (Wildman–Crippen MR) is 56.9 cm³/mol. The number of nitrogens with one attached hydrogen (secondary N) is 1. The van der Waals surface area contributed by atoms with Gasteiger partial charge in [0.1, 0.15) is 0 Å². The second-order valence-electron chi connectivity index (χ2n) is 4.35. The normalized spacial score (nSPS) is 23.0. The van der Waals surface area contributed by atoms with Gasteiger partial charge in [0.2, 0.25) is 5.91 Å². The van der Waals surface area contributed by atoms with E-state index in [-0.39, 0.29) is 11.9 Å². The van der Waals surface area contributed by atoms with Crippen LogP contribution < -0.4 is 11.1 Å². The first-order valence-electron chi connectivity index (χ1n) is 5.33. The van der Waals surface area contributed by atoms with E-state index in [9.17, 15) is 4.79 Å². The summed E-state index contributed by atoms with van der Waals surface area (Å²) in [5, 5.41) is 2.89. The Kier molecular flexibility index (Phi) is 4.35. The van der Waals surface area contributed by atoms with Crippen LogP contribution in [0, 0.1) is 5.92 Å². The zero-order valence-electron chi connectivity index (χ0n) is 9.12. The van der Waals surface area contributed by atoms with Crippen molar-refractivity contribution in [3.05, 3.63) is 0 Å². The third-order valence-corrected chi connectivity index (χ3v) is 2.52. The Labute approximate surface area is 85.8 Å². The Bertz CT molecular complexity index is 194. The van der Waals surface area contributed by atoms with Gasteiger partial charge in [0, 0.05) is 12.6 Å². The van der Waals surface area contributed by atoms with Gasteiger partial charge in [0.15, 0.2) is 0 Å². The molecule has 0 bridgehead atoms. The average molecular weight is 199 g/mol. The van der Waals surface area contributed by atoms with Crippen molar-refractivity contribution >= 4 is 5.91 Å². The van der Waals surface area contributed by atoms with Gasteiger partial charge in [0.25, 0.3) is 0 Å². The lowest BCUT2D eigenvalue weighted by atomic mass is 10.1. The van der Waals surface area contributed by atoms with Crippen LogP contribution in [-0.4, -0.2) is 43.0 Å². The highest BCUT2D eigenvalue weighted by atomic mass is 16.2. The van der Waals surface area contributed by atoms with Crippen LogP contribution in [0.15, 0.2) is 0 Å². The van der Waals surface area contributed by atoms with Gasteiger partial charge in [-0.25, -0.2) is 0 Å². The zero-order valence-corrected chi connectivity index (χ0v) is 9.12. The molecule has 3 N–H and O–H groups in total. The summed E-state index contributed by atoms with van der Waals surface area (Å²) in [7, 11) is 0. The molecule has 1 aliphatic heterocycles. The predicted octanol–water partition coefficient (Wildman–Crippen LogP) is -0.208. The second-order valence-corrected chi connectivity index (χ2v) is 4.35. The molecule has 82 valence electrons. The molecule has 1 aliphatic rings. The van der Waals surface area contributed by atoms with Crippen molar-refractivity contribution in [2.24, 2.45) is 11.7 Å². The number of carbonyl (C=O) groups excluding carboxylic acids is 1. The molecular formula is C10H21N3O. The highest BCUT2D eigenvalue weighted by Crippen LogP contribution is 2.13. The molecular weight excluding hydrogens is 178 g/mol. The molecule has 4 heteroatoms. The first-order chi connectivity index (χ1) is 6.61. The number of amides is 1. The van der Waals surface area contributed by atoms with E-state index in [0.717, 1.165) is 26.1 Å². The van der Waals surface area contributed by atoms with Crippen molar-refractivity contribution in [3.8, 4) is 0 Å². The third kappa shape index (κ3) is 3.64. The highest BCUT2D eigenvalue weighted by molar-refractivity contribution is 5.78. The van der Waals surface area contributed by atoms with Crippen LogP contribution in [0.2, 0.25) is 0 Å². The number of carbonyl (C=O) groups is 1. The first kappa shape index (κ1) is 11.5. The molecule has 1 rings (SSSR count). The SMILES string of the molecule is CC(C)NC(=O)CN1CCC(CN)C1. The second kappa shape index (κ2) is 5.32. The number of likely N-dealkylation sites (tertiary alicyclic amines) is 1. The Morgan fingerprint density at radius 1 is 1.64 bits per heavy atom. The molecule has 0 aromatic carbocycles. The van der Waals surface area contributed by atoms with Crippen molar-refractivity contribution in [1.82, 2.24) is 10.2 Å². The minimum absolute atomic E-state index is 0.123. The van der Waals surface area contributed by atoms with Crippen LogP contribution in [0.1, 0.15) is 20.3 Å². The van der Waals surface area contributed by atoms with Crippen molar-refractivity contribution < 1.29 is 4.79 Å². The molecule has 14 heavy (non-hydrogen) atoms. The van der Waals surface area contributed by atoms with Crippen LogP contribution >= 0.6 is 0 Å². The Morgan fingerprint density at radius 2 is 2.36 bits per heavy atom. The molecule has 0 spiro atoms. The minimum Gasteiger partial charge on any atom is -0.353 e. The van der Waals surface area contributed by atoms with E-state index in [0.29, 0.717) is 12.5 Å². The molecule has 4 nitrogen and oxygen atoms in total. The van der Waals surface area contributed by atoms with E-state index in [1.165, 1.54) is 0 Å². The van der Waals surface area contributed by atoms with Crippen LogP contribution in [0.25, 0.3) is 0 Å². The summed E-state index contributed by atoms with van der Waals surface area (Å²) in [5.74, 6) is 0.708. The Balaban J connectivity index is 2.22. The van der Waals surface area contributed by atoms with Gasteiger partial charge in [0.05, 0.1) is 6.54 Å². The van der Waals surface area contributed by atoms with Crippen molar-refractivity contribution in [3.63, 3.8) is 0 Å². The molecule has 1 atom stereocenters. The minimum atomic E-state index is 0.123. The summed E-state index contributed by atoms with van der Waals surface area (Å²) >= 11 is 0. The number of nitrogens with two attached hydrogens (primary N) is 1. The monoisotopic (exact) mass is 199 g/mol. The number of rotatable bonds is 4. The molecule has 0 radical (unpaired) electrons. The van der Waals surface area contributed by atoms with Crippen LogP contribution in [0.3, 0.4) is 0 Å². The third-order valence-electron chi connectivity index (χ3n) is 2.52. The van der Waals surface area contributed by atoms with Gasteiger partial charge in [-0.3, -0.25) is 9.69 Å². The molecule has 1 saturated heterocycles. The maximum Gasteiger partial charge on any atom is 0.234 e. The van der Waals surface area contributed by atoms with Crippen LogP contribution in [-0.2, 0) is 4.79 Å². The van der Waals surface area contributed by atoms with Crippen molar-refractivity contribution in [2.75, 3.05) is 26.2 Å². The van der Waals surface area contributed by atoms with Crippen molar-refractivity contribution in [2.45, 2.75) is 26.3 Å². The molecule has 1 unspecified atom stereocenters. The lowest BCUT2D eigenvalue weighted by Gasteiger charge is -2.16. The topological polar surface area (TPSA) is 58.4 Å². The fourth-order valence-corrected chi connectivity index (χ4v) is 1.82. The van der Waals surface area contributed by atoms with E-state index in [1.807, 2.05) is 13.8 Å². The van der Waals surface area contributed by atoms with Gasteiger partial charge in [-0.05, 0) is 39.3 Å². The Hall–Kier alpha value is -0.610. The van der Waals surface area contributed by atoms with E-state index < -0.39 is 0 Å². The standard InChI is InChI=1S/C10H21N3O/c1-8(2)12-10(14)7-13-4-3-9(5-11)6-13/h8-9H,3-7,11H2,1-2H3,(H,12,14). The maximum atomic E-state index is 11.4. The smallest absolute Gasteiger partial charge is 0.234 e. The van der Waals surface area contributed by atoms with Gasteiger partial charge in [-0.15, -0.1) is 0 Å². The summed E-state index contributed by atoms with van der Waals surface area (Å²) in [5.41, 5.74) is 5.58. The fourth-order valence-electron chi connectivity index (χ4n) is 1.82. The lowest BCUT2D eigenvalue weighted by Crippen LogP contribution is -2.39. The quantitative estimate of drug-likeness (QED) is 0.659. The largest absolute Gasteiger partial charge is 0.353 e. The first-order valence-corrected chi connectivity index (χ1v) is 5.33. The summed E-state index contributed by atoms with van der Waals surface area (Å²) in [6.07, 6.45) is 1.13. The average Bonchev–Trinajstić information content (AvgIpc) is 2.50. The van der Waals surface area contributed by atoms with E-state index in [1.54, 1.807) is 0 Å². The zero-order chi connectivity index (χ0) is 10.6. The van der Waals surface area contributed by atoms with E-state index >= 15 is 0 Å². The summed E-state index contributed by atoms with van der Waals surface area (Å²) in [4.78, 5) is 13.6. The fraction of sp³-hybridized carbons (Fsp3) is 0.900. The molecule has 0 aromatic rings. The highest BCUT2D eigenvalue weighted by Gasteiger charge is 2.22. The van der Waals surface area contributed by atoms with Gasteiger partial charge >= 0.3 is 0 Å². The van der Waals surface area contributed by atoms with E-state index in [2.05, 4.69) is 10.2 Å². The van der Waals surface area contributed by atoms with Gasteiger partial charge in [-0.1, -0.05) is 0 Å². The van der Waals surface area contributed by atoms with Crippen LogP contribution in [0.4, 0.5) is 0 Å². The number of hydrogen-bond donors (Lipinski definition) is 2. The maximum absolute atomic E-state index is 11.4. The molecule has 0 saturated carbocycles. The molecule has 0 aliphatic carbocycles. The number of hydrogen-bond acceptors (Lipinski definition) is 3. The molecule has 0 aromatic heterocycles.